The Morgan fingerprint density at radius 3 is 2.08 bits per heavy atom. The van der Waals surface area contributed by atoms with Crippen molar-refractivity contribution in [3.8, 4) is 28.4 Å². The van der Waals surface area contributed by atoms with Gasteiger partial charge in [-0.3, -0.25) is 19.2 Å². The van der Waals surface area contributed by atoms with Gasteiger partial charge < -0.3 is 29.3 Å². The molecule has 5 rings (SSSR count). The predicted octanol–water partition coefficient (Wildman–Crippen LogP) is 3.94. The van der Waals surface area contributed by atoms with Crippen molar-refractivity contribution in [2.24, 2.45) is 0 Å². The molecule has 38 heavy (non-hydrogen) atoms. The standard InChI is InChI=1S/C27H16O11/c1-9(28)12-5-15-25(34)23-14(27(35)36)3-11(30)4-20(23)38-26(15)21(10(2)29)22(12)16-8-37-19-7-18(32)17(31)6-13(19)24(16)33/h3-8,30-32H,1-2H3,(H,35,36). The van der Waals surface area contributed by atoms with Gasteiger partial charge in [0.25, 0.3) is 0 Å². The van der Waals surface area contributed by atoms with Gasteiger partial charge in [-0.2, -0.15) is 0 Å². The third-order valence-corrected chi connectivity index (χ3v) is 6.15. The number of Topliss-reactive ketones (excluding diaryl/α,β-unsaturated/α-hetero) is 2. The van der Waals surface area contributed by atoms with Gasteiger partial charge in [0.1, 0.15) is 28.8 Å². The molecule has 0 radical (unpaired) electrons. The topological polar surface area (TPSA) is 193 Å². The van der Waals surface area contributed by atoms with Gasteiger partial charge in [-0.15, -0.1) is 0 Å². The highest BCUT2D eigenvalue weighted by Crippen LogP contribution is 2.37. The fourth-order valence-electron chi connectivity index (χ4n) is 4.49. The summed E-state index contributed by atoms with van der Waals surface area (Å²) in [5, 5.41) is 38.3. The molecule has 0 fully saturated rings. The molecule has 2 aromatic heterocycles. The summed E-state index contributed by atoms with van der Waals surface area (Å²) < 4.78 is 11.3. The molecule has 4 N–H and O–H groups in total. The summed E-state index contributed by atoms with van der Waals surface area (Å²) in [4.78, 5) is 64.4. The molecule has 0 aliphatic rings. The van der Waals surface area contributed by atoms with Crippen molar-refractivity contribution in [1.82, 2.24) is 0 Å². The number of ketones is 2. The van der Waals surface area contributed by atoms with Gasteiger partial charge in [0.15, 0.2) is 23.1 Å². The molecule has 11 heteroatoms. The van der Waals surface area contributed by atoms with E-state index in [2.05, 4.69) is 0 Å². The summed E-state index contributed by atoms with van der Waals surface area (Å²) >= 11 is 0. The Morgan fingerprint density at radius 2 is 1.45 bits per heavy atom. The molecule has 2 heterocycles. The second-order valence-corrected chi connectivity index (χ2v) is 8.58. The minimum absolute atomic E-state index is 0.0854. The summed E-state index contributed by atoms with van der Waals surface area (Å²) in [5.74, 6) is -4.52. The van der Waals surface area contributed by atoms with E-state index in [1.54, 1.807) is 0 Å². The maximum absolute atomic E-state index is 13.5. The number of hydrogen-bond donors (Lipinski definition) is 4. The number of rotatable bonds is 4. The molecule has 0 unspecified atom stereocenters. The van der Waals surface area contributed by atoms with Crippen LogP contribution >= 0.6 is 0 Å². The van der Waals surface area contributed by atoms with Crippen molar-refractivity contribution in [2.45, 2.75) is 13.8 Å². The lowest BCUT2D eigenvalue weighted by molar-refractivity contribution is 0.0697. The highest BCUT2D eigenvalue weighted by Gasteiger charge is 2.28. The van der Waals surface area contributed by atoms with Gasteiger partial charge in [0.05, 0.1) is 32.8 Å². The van der Waals surface area contributed by atoms with Crippen LogP contribution in [0, 0.1) is 0 Å². The zero-order valence-electron chi connectivity index (χ0n) is 19.6. The number of aromatic carboxylic acids is 1. The minimum atomic E-state index is -1.52. The molecule has 0 aliphatic heterocycles. The van der Waals surface area contributed by atoms with Crippen molar-refractivity contribution >= 4 is 50.4 Å². The number of carboxylic acids is 1. The zero-order chi connectivity index (χ0) is 27.6. The van der Waals surface area contributed by atoms with Gasteiger partial charge >= 0.3 is 5.97 Å². The summed E-state index contributed by atoms with van der Waals surface area (Å²) in [5.41, 5.74) is -3.99. The van der Waals surface area contributed by atoms with E-state index in [9.17, 15) is 44.4 Å². The Kier molecular flexibility index (Phi) is 5.30. The lowest BCUT2D eigenvalue weighted by Gasteiger charge is -2.15. The molecule has 11 nitrogen and oxygen atoms in total. The largest absolute Gasteiger partial charge is 0.508 e. The number of phenols is 3. The fraction of sp³-hybridized carbons (Fsp3) is 0.0741. The first-order valence-electron chi connectivity index (χ1n) is 10.9. The SMILES string of the molecule is CC(=O)c1cc2c(=O)c3c(C(=O)O)cc(O)cc3oc2c(C(C)=O)c1-c1coc2cc(O)c(O)cc2c1=O. The van der Waals surface area contributed by atoms with Crippen molar-refractivity contribution < 1.29 is 43.6 Å². The smallest absolute Gasteiger partial charge is 0.336 e. The number of aromatic hydroxyl groups is 3. The van der Waals surface area contributed by atoms with E-state index in [-0.39, 0.29) is 55.2 Å². The van der Waals surface area contributed by atoms with E-state index >= 15 is 0 Å². The van der Waals surface area contributed by atoms with Crippen LogP contribution in [-0.4, -0.2) is 38.0 Å². The van der Waals surface area contributed by atoms with Gasteiger partial charge in [0, 0.05) is 23.3 Å². The lowest BCUT2D eigenvalue weighted by atomic mass is 9.88. The van der Waals surface area contributed by atoms with Crippen LogP contribution < -0.4 is 10.9 Å². The van der Waals surface area contributed by atoms with Crippen molar-refractivity contribution in [2.75, 3.05) is 0 Å². The van der Waals surface area contributed by atoms with Gasteiger partial charge in [-0.25, -0.2) is 4.79 Å². The highest BCUT2D eigenvalue weighted by atomic mass is 16.4. The molecule has 0 amide bonds. The average Bonchev–Trinajstić information content (AvgIpc) is 2.83. The first-order valence-corrected chi connectivity index (χ1v) is 10.9. The molecule has 0 atom stereocenters. The first-order chi connectivity index (χ1) is 17.9. The Morgan fingerprint density at radius 1 is 0.763 bits per heavy atom. The van der Waals surface area contributed by atoms with E-state index in [1.807, 2.05) is 0 Å². The number of benzene rings is 3. The molecule has 0 aliphatic carbocycles. The molecule has 190 valence electrons. The first kappa shape index (κ1) is 24.3. The Balaban J connectivity index is 2.02. The van der Waals surface area contributed by atoms with Crippen LogP contribution in [0.3, 0.4) is 0 Å². The van der Waals surface area contributed by atoms with Crippen molar-refractivity contribution in [1.29, 1.82) is 0 Å². The van der Waals surface area contributed by atoms with Gasteiger partial charge in [0.2, 0.25) is 10.9 Å². The van der Waals surface area contributed by atoms with E-state index in [0.29, 0.717) is 0 Å². The Hall–Kier alpha value is -5.45. The van der Waals surface area contributed by atoms with Gasteiger partial charge in [-0.05, 0) is 32.0 Å². The molecule has 0 saturated heterocycles. The monoisotopic (exact) mass is 516 g/mol. The van der Waals surface area contributed by atoms with Crippen LogP contribution in [0.25, 0.3) is 44.0 Å². The second-order valence-electron chi connectivity index (χ2n) is 8.58. The normalized spacial score (nSPS) is 11.3. The average molecular weight is 516 g/mol. The third kappa shape index (κ3) is 3.48. The van der Waals surface area contributed by atoms with Crippen LogP contribution in [0.1, 0.15) is 44.9 Å². The molecule has 0 spiro atoms. The van der Waals surface area contributed by atoms with Crippen LogP contribution in [0.2, 0.25) is 0 Å². The predicted molar refractivity (Wildman–Crippen MR) is 133 cm³/mol. The molecular weight excluding hydrogens is 500 g/mol. The number of phenolic OH excluding ortho intramolecular Hbond substituents is 3. The minimum Gasteiger partial charge on any atom is -0.508 e. The summed E-state index contributed by atoms with van der Waals surface area (Å²) in [6, 6.07) is 4.95. The van der Waals surface area contributed by atoms with Crippen molar-refractivity contribution in [3.05, 3.63) is 73.7 Å². The molecule has 3 aromatic carbocycles. The van der Waals surface area contributed by atoms with E-state index in [4.69, 9.17) is 8.83 Å². The summed E-state index contributed by atoms with van der Waals surface area (Å²) in [6.07, 6.45) is 0.967. The third-order valence-electron chi connectivity index (χ3n) is 6.15. The highest BCUT2D eigenvalue weighted by molar-refractivity contribution is 6.18. The Labute approximate surface area is 210 Å². The molecule has 5 aromatic rings. The van der Waals surface area contributed by atoms with E-state index < -0.39 is 51.2 Å². The number of carbonyl (C=O) groups is 3. The maximum Gasteiger partial charge on any atom is 0.336 e. The quantitative estimate of drug-likeness (QED) is 0.154. The fourth-order valence-corrected chi connectivity index (χ4v) is 4.49. The van der Waals surface area contributed by atoms with Crippen LogP contribution in [-0.2, 0) is 0 Å². The van der Waals surface area contributed by atoms with E-state index in [1.165, 1.54) is 0 Å². The van der Waals surface area contributed by atoms with Crippen LogP contribution in [0.15, 0.2) is 55.0 Å². The molecule has 0 saturated carbocycles. The summed E-state index contributed by atoms with van der Waals surface area (Å²) in [6.45, 7) is 2.26. The number of hydrogen-bond acceptors (Lipinski definition) is 10. The van der Waals surface area contributed by atoms with Crippen LogP contribution in [0.4, 0.5) is 0 Å². The van der Waals surface area contributed by atoms with Gasteiger partial charge in [-0.1, -0.05) is 0 Å². The number of fused-ring (bicyclic) bond motifs is 3. The summed E-state index contributed by atoms with van der Waals surface area (Å²) in [7, 11) is 0. The Bertz CT molecular complexity index is 2030. The lowest BCUT2D eigenvalue weighted by Crippen LogP contribution is -2.15. The molecular formula is C27H16O11. The van der Waals surface area contributed by atoms with Crippen LogP contribution in [0.5, 0.6) is 17.2 Å². The van der Waals surface area contributed by atoms with E-state index in [0.717, 1.165) is 50.4 Å². The number of carboxylic acid groups (broad SMARTS) is 1. The zero-order valence-corrected chi connectivity index (χ0v) is 19.6. The van der Waals surface area contributed by atoms with Crippen molar-refractivity contribution in [3.63, 3.8) is 0 Å². The second kappa shape index (κ2) is 8.30. The maximum atomic E-state index is 13.5. The molecule has 0 bridgehead atoms. The number of carbonyl (C=O) groups excluding carboxylic acids is 2.